The monoisotopic (exact) mass is 403 g/mol. The van der Waals surface area contributed by atoms with Gasteiger partial charge < -0.3 is 15.0 Å². The molecule has 0 aliphatic heterocycles. The Labute approximate surface area is 176 Å². The molecule has 0 atom stereocenters. The molecule has 0 aliphatic rings. The fourth-order valence-corrected chi connectivity index (χ4v) is 2.99. The molecule has 1 aromatic heterocycles. The molecule has 0 saturated heterocycles. The summed E-state index contributed by atoms with van der Waals surface area (Å²) in [5.74, 6) is 0.410. The first-order chi connectivity index (χ1) is 14.5. The highest BCUT2D eigenvalue weighted by molar-refractivity contribution is 6.04. The van der Waals surface area contributed by atoms with Crippen molar-refractivity contribution >= 4 is 17.5 Å². The third-order valence-electron chi connectivity index (χ3n) is 4.61. The number of ether oxygens (including phenoxy) is 1. The van der Waals surface area contributed by atoms with Gasteiger partial charge in [-0.05, 0) is 48.9 Å². The predicted molar refractivity (Wildman–Crippen MR) is 116 cm³/mol. The number of nitrogens with one attached hydrogen (secondary N) is 1. The predicted octanol–water partition coefficient (Wildman–Crippen LogP) is 4.28. The van der Waals surface area contributed by atoms with Gasteiger partial charge in [-0.25, -0.2) is 0 Å². The van der Waals surface area contributed by atoms with Crippen molar-refractivity contribution in [1.82, 2.24) is 9.88 Å². The normalized spacial score (nSPS) is 10.3. The molecule has 3 rings (SSSR count). The summed E-state index contributed by atoms with van der Waals surface area (Å²) in [7, 11) is 0. The highest BCUT2D eigenvalue weighted by Crippen LogP contribution is 2.18. The second-order valence-electron chi connectivity index (χ2n) is 6.87. The standard InChI is InChI=1S/C24H25N3O3/c1-3-27(18(2)28)16-19-7-4-10-22(13-19)26-24(29)21-9-5-11-23(14-21)30-17-20-8-6-12-25-15-20/h4-15H,3,16-17H2,1-2H3,(H,26,29). The number of hydrogen-bond donors (Lipinski definition) is 1. The molecule has 0 spiro atoms. The van der Waals surface area contributed by atoms with E-state index < -0.39 is 0 Å². The van der Waals surface area contributed by atoms with E-state index in [0.717, 1.165) is 11.1 Å². The van der Waals surface area contributed by atoms with Crippen molar-refractivity contribution < 1.29 is 14.3 Å². The molecule has 0 fully saturated rings. The lowest BCUT2D eigenvalue weighted by Gasteiger charge is -2.19. The smallest absolute Gasteiger partial charge is 0.255 e. The summed E-state index contributed by atoms with van der Waals surface area (Å²) in [4.78, 5) is 30.1. The van der Waals surface area contributed by atoms with Gasteiger partial charge in [0.1, 0.15) is 12.4 Å². The van der Waals surface area contributed by atoms with Gasteiger partial charge in [-0.15, -0.1) is 0 Å². The zero-order valence-corrected chi connectivity index (χ0v) is 17.2. The molecular weight excluding hydrogens is 378 g/mol. The summed E-state index contributed by atoms with van der Waals surface area (Å²) in [6, 6.07) is 18.4. The van der Waals surface area contributed by atoms with E-state index in [0.29, 0.717) is 36.7 Å². The van der Waals surface area contributed by atoms with Crippen LogP contribution in [0.2, 0.25) is 0 Å². The number of pyridine rings is 1. The fourth-order valence-electron chi connectivity index (χ4n) is 2.99. The molecule has 0 radical (unpaired) electrons. The molecule has 30 heavy (non-hydrogen) atoms. The van der Waals surface area contributed by atoms with Crippen LogP contribution >= 0.6 is 0 Å². The van der Waals surface area contributed by atoms with Crippen LogP contribution in [0.15, 0.2) is 73.1 Å². The number of carbonyl (C=O) groups is 2. The highest BCUT2D eigenvalue weighted by Gasteiger charge is 2.10. The largest absolute Gasteiger partial charge is 0.489 e. The average molecular weight is 403 g/mol. The number of nitrogens with zero attached hydrogens (tertiary/aromatic N) is 2. The van der Waals surface area contributed by atoms with Crippen LogP contribution in [0.1, 0.15) is 35.3 Å². The van der Waals surface area contributed by atoms with Crippen molar-refractivity contribution in [2.24, 2.45) is 0 Å². The minimum absolute atomic E-state index is 0.0232. The molecule has 6 nitrogen and oxygen atoms in total. The van der Waals surface area contributed by atoms with Gasteiger partial charge in [0.15, 0.2) is 0 Å². The van der Waals surface area contributed by atoms with Gasteiger partial charge in [-0.3, -0.25) is 14.6 Å². The van der Waals surface area contributed by atoms with Crippen LogP contribution in [0, 0.1) is 0 Å². The Morgan fingerprint density at radius 1 is 1.03 bits per heavy atom. The van der Waals surface area contributed by atoms with Crippen molar-refractivity contribution in [1.29, 1.82) is 0 Å². The van der Waals surface area contributed by atoms with Crippen molar-refractivity contribution in [2.75, 3.05) is 11.9 Å². The van der Waals surface area contributed by atoms with Crippen molar-refractivity contribution in [3.8, 4) is 5.75 Å². The molecule has 1 N–H and O–H groups in total. The second kappa shape index (κ2) is 10.2. The Hall–Kier alpha value is -3.67. The highest BCUT2D eigenvalue weighted by atomic mass is 16.5. The molecule has 3 aromatic rings. The Morgan fingerprint density at radius 2 is 1.83 bits per heavy atom. The van der Waals surface area contributed by atoms with E-state index in [2.05, 4.69) is 10.3 Å². The van der Waals surface area contributed by atoms with Gasteiger partial charge >= 0.3 is 0 Å². The Balaban J connectivity index is 1.64. The molecule has 0 bridgehead atoms. The quantitative estimate of drug-likeness (QED) is 0.609. The van der Waals surface area contributed by atoms with Crippen LogP contribution in [0.5, 0.6) is 5.75 Å². The number of anilines is 1. The average Bonchev–Trinajstić information content (AvgIpc) is 2.77. The third kappa shape index (κ3) is 5.91. The summed E-state index contributed by atoms with van der Waals surface area (Å²) in [6.07, 6.45) is 3.46. The van der Waals surface area contributed by atoms with Gasteiger partial charge in [-0.1, -0.05) is 24.3 Å². The van der Waals surface area contributed by atoms with E-state index >= 15 is 0 Å². The van der Waals surface area contributed by atoms with Gasteiger partial charge in [-0.2, -0.15) is 0 Å². The molecule has 0 aliphatic carbocycles. The first-order valence-corrected chi connectivity index (χ1v) is 9.82. The third-order valence-corrected chi connectivity index (χ3v) is 4.61. The van der Waals surface area contributed by atoms with Gasteiger partial charge in [0.05, 0.1) is 0 Å². The second-order valence-corrected chi connectivity index (χ2v) is 6.87. The zero-order chi connectivity index (χ0) is 21.3. The lowest BCUT2D eigenvalue weighted by molar-refractivity contribution is -0.129. The SMILES string of the molecule is CCN(Cc1cccc(NC(=O)c2cccc(OCc3cccnc3)c2)c1)C(C)=O. The fraction of sp³-hybridized carbons (Fsp3) is 0.208. The molecule has 2 amide bonds. The Kier molecular flexibility index (Phi) is 7.16. The first-order valence-electron chi connectivity index (χ1n) is 9.82. The van der Waals surface area contributed by atoms with E-state index in [1.165, 1.54) is 0 Å². The van der Waals surface area contributed by atoms with Crippen LogP contribution in [0.25, 0.3) is 0 Å². The topological polar surface area (TPSA) is 71.5 Å². The van der Waals surface area contributed by atoms with E-state index in [-0.39, 0.29) is 11.8 Å². The van der Waals surface area contributed by atoms with E-state index in [1.54, 1.807) is 42.4 Å². The number of amides is 2. The summed E-state index contributed by atoms with van der Waals surface area (Å²) in [5.41, 5.74) is 3.09. The molecule has 0 saturated carbocycles. The maximum Gasteiger partial charge on any atom is 0.255 e. The molecule has 6 heteroatoms. The number of rotatable bonds is 8. The van der Waals surface area contributed by atoms with Gasteiger partial charge in [0, 0.05) is 49.2 Å². The maximum atomic E-state index is 12.7. The minimum Gasteiger partial charge on any atom is -0.489 e. The van der Waals surface area contributed by atoms with Gasteiger partial charge in [0.2, 0.25) is 5.91 Å². The van der Waals surface area contributed by atoms with Gasteiger partial charge in [0.25, 0.3) is 5.91 Å². The number of hydrogen-bond acceptors (Lipinski definition) is 4. The summed E-state index contributed by atoms with van der Waals surface area (Å²) < 4.78 is 5.77. The summed E-state index contributed by atoms with van der Waals surface area (Å²) in [6.45, 7) is 5.02. The van der Waals surface area contributed by atoms with Crippen molar-refractivity contribution in [3.63, 3.8) is 0 Å². The molecule has 2 aromatic carbocycles. The molecule has 0 unspecified atom stereocenters. The Morgan fingerprint density at radius 3 is 2.57 bits per heavy atom. The number of benzene rings is 2. The van der Waals surface area contributed by atoms with E-state index in [1.807, 2.05) is 49.4 Å². The molecular formula is C24H25N3O3. The lowest BCUT2D eigenvalue weighted by atomic mass is 10.1. The maximum absolute atomic E-state index is 12.7. The zero-order valence-electron chi connectivity index (χ0n) is 17.2. The lowest BCUT2D eigenvalue weighted by Crippen LogP contribution is -2.27. The van der Waals surface area contributed by atoms with Crippen LogP contribution in [-0.2, 0) is 17.9 Å². The van der Waals surface area contributed by atoms with Crippen molar-refractivity contribution in [2.45, 2.75) is 27.0 Å². The van der Waals surface area contributed by atoms with Crippen LogP contribution in [-0.4, -0.2) is 28.2 Å². The van der Waals surface area contributed by atoms with Crippen LogP contribution in [0.3, 0.4) is 0 Å². The van der Waals surface area contributed by atoms with Crippen LogP contribution in [0.4, 0.5) is 5.69 Å². The van der Waals surface area contributed by atoms with Crippen LogP contribution < -0.4 is 10.1 Å². The number of carbonyl (C=O) groups excluding carboxylic acids is 2. The minimum atomic E-state index is -0.224. The van der Waals surface area contributed by atoms with E-state index in [4.69, 9.17) is 4.74 Å². The van der Waals surface area contributed by atoms with Crippen molar-refractivity contribution in [3.05, 3.63) is 89.7 Å². The summed E-state index contributed by atoms with van der Waals surface area (Å²) >= 11 is 0. The first kappa shape index (κ1) is 21.0. The summed E-state index contributed by atoms with van der Waals surface area (Å²) in [5, 5.41) is 2.91. The molecule has 1 heterocycles. The van der Waals surface area contributed by atoms with E-state index in [9.17, 15) is 9.59 Å². The number of aromatic nitrogens is 1. The Bertz CT molecular complexity index is 1010. The molecule has 154 valence electrons.